The number of nitrogens with two attached hydrogens (primary N) is 1. The fraction of sp³-hybridized carbons (Fsp3) is 0.786. The highest BCUT2D eigenvalue weighted by Crippen LogP contribution is 2.31. The Morgan fingerprint density at radius 2 is 2.15 bits per heavy atom. The van der Waals surface area contributed by atoms with Gasteiger partial charge in [-0.05, 0) is 30.7 Å². The maximum atomic E-state index is 11.8. The molecule has 20 heavy (non-hydrogen) atoms. The Balaban J connectivity index is 2.24. The van der Waals surface area contributed by atoms with Crippen LogP contribution in [0.3, 0.4) is 0 Å². The number of hydrogen-bond acceptors (Lipinski definition) is 4. The summed E-state index contributed by atoms with van der Waals surface area (Å²) < 4.78 is 1.70. The molecular formula is C14H27N5O. The van der Waals surface area contributed by atoms with E-state index in [0.717, 1.165) is 12.8 Å². The first kappa shape index (κ1) is 16.6. The lowest BCUT2D eigenvalue weighted by Gasteiger charge is -2.30. The minimum atomic E-state index is 0.0939. The minimum absolute atomic E-state index is 0.0939. The van der Waals surface area contributed by atoms with Crippen molar-refractivity contribution in [3.8, 4) is 0 Å². The van der Waals surface area contributed by atoms with Gasteiger partial charge in [0.1, 0.15) is 0 Å². The zero-order valence-electron chi connectivity index (χ0n) is 12.8. The van der Waals surface area contributed by atoms with Gasteiger partial charge >= 0.3 is 0 Å². The molecule has 0 aliphatic carbocycles. The monoisotopic (exact) mass is 281 g/mol. The van der Waals surface area contributed by atoms with Crippen LogP contribution in [-0.2, 0) is 11.3 Å². The first-order valence-electron chi connectivity index (χ1n) is 7.24. The van der Waals surface area contributed by atoms with Crippen LogP contribution >= 0.6 is 0 Å². The fourth-order valence-electron chi connectivity index (χ4n) is 2.27. The van der Waals surface area contributed by atoms with Crippen LogP contribution in [0.2, 0.25) is 0 Å². The number of nitrogens with zero attached hydrogens (tertiary/aromatic N) is 3. The number of aromatic nitrogens is 3. The average molecular weight is 281 g/mol. The van der Waals surface area contributed by atoms with Crippen molar-refractivity contribution in [3.63, 3.8) is 0 Å². The lowest BCUT2D eigenvalue weighted by molar-refractivity contribution is -0.121. The van der Waals surface area contributed by atoms with E-state index in [4.69, 9.17) is 5.73 Å². The molecule has 1 amide bonds. The normalized spacial score (nSPS) is 13.2. The highest BCUT2D eigenvalue weighted by molar-refractivity contribution is 5.75. The van der Waals surface area contributed by atoms with E-state index in [1.165, 1.54) is 0 Å². The number of amides is 1. The zero-order valence-corrected chi connectivity index (χ0v) is 12.8. The zero-order chi connectivity index (χ0) is 15.0. The van der Waals surface area contributed by atoms with Crippen molar-refractivity contribution in [2.75, 3.05) is 13.1 Å². The summed E-state index contributed by atoms with van der Waals surface area (Å²) in [5.41, 5.74) is 5.85. The van der Waals surface area contributed by atoms with Crippen molar-refractivity contribution >= 4 is 5.91 Å². The standard InChI is InChI=1S/C14H27N5O/c1-14(2,3)12(6-7-15)4-5-13(20)16-8-10-19-11-9-17-18-19/h9,11-12H,4-8,10,15H2,1-3H3,(H,16,20). The second kappa shape index (κ2) is 7.99. The van der Waals surface area contributed by atoms with Gasteiger partial charge in [-0.3, -0.25) is 9.48 Å². The minimum Gasteiger partial charge on any atom is -0.354 e. The van der Waals surface area contributed by atoms with Crippen LogP contribution in [0.1, 0.15) is 40.0 Å². The molecule has 1 atom stereocenters. The first-order valence-corrected chi connectivity index (χ1v) is 7.24. The lowest BCUT2D eigenvalue weighted by atomic mass is 9.76. The molecule has 6 nitrogen and oxygen atoms in total. The van der Waals surface area contributed by atoms with Crippen LogP contribution in [0.15, 0.2) is 12.4 Å². The molecule has 0 aromatic carbocycles. The Hall–Kier alpha value is -1.43. The number of carbonyl (C=O) groups excluding carboxylic acids is 1. The summed E-state index contributed by atoms with van der Waals surface area (Å²) in [5.74, 6) is 0.574. The molecule has 1 heterocycles. The third-order valence-electron chi connectivity index (χ3n) is 3.59. The largest absolute Gasteiger partial charge is 0.354 e. The number of hydrogen-bond donors (Lipinski definition) is 2. The van der Waals surface area contributed by atoms with E-state index in [2.05, 4.69) is 36.4 Å². The SMILES string of the molecule is CC(C)(C)C(CCN)CCC(=O)NCCn1ccnn1. The fourth-order valence-corrected chi connectivity index (χ4v) is 2.27. The molecule has 1 aromatic rings. The molecular weight excluding hydrogens is 254 g/mol. The molecule has 1 rings (SSSR count). The van der Waals surface area contributed by atoms with E-state index in [-0.39, 0.29) is 11.3 Å². The average Bonchev–Trinajstić information content (AvgIpc) is 2.86. The number of nitrogens with one attached hydrogen (secondary N) is 1. The Labute approximate surface area is 121 Å². The molecule has 1 unspecified atom stereocenters. The molecule has 0 aliphatic heterocycles. The van der Waals surface area contributed by atoms with Crippen LogP contribution in [0.4, 0.5) is 0 Å². The van der Waals surface area contributed by atoms with Crippen molar-refractivity contribution in [1.82, 2.24) is 20.3 Å². The molecule has 3 N–H and O–H groups in total. The lowest BCUT2D eigenvalue weighted by Crippen LogP contribution is -2.29. The summed E-state index contributed by atoms with van der Waals surface area (Å²) in [6.07, 6.45) is 5.82. The van der Waals surface area contributed by atoms with E-state index >= 15 is 0 Å². The molecule has 0 radical (unpaired) electrons. The summed E-state index contributed by atoms with van der Waals surface area (Å²) in [7, 11) is 0. The van der Waals surface area contributed by atoms with Gasteiger partial charge < -0.3 is 11.1 Å². The molecule has 0 bridgehead atoms. The first-order chi connectivity index (χ1) is 9.43. The van der Waals surface area contributed by atoms with E-state index in [9.17, 15) is 4.79 Å². The molecule has 0 aliphatic rings. The van der Waals surface area contributed by atoms with E-state index < -0.39 is 0 Å². The van der Waals surface area contributed by atoms with Crippen LogP contribution in [0.5, 0.6) is 0 Å². The summed E-state index contributed by atoms with van der Waals surface area (Å²) in [4.78, 5) is 11.8. The van der Waals surface area contributed by atoms with Crippen LogP contribution in [-0.4, -0.2) is 34.0 Å². The Morgan fingerprint density at radius 1 is 1.40 bits per heavy atom. The summed E-state index contributed by atoms with van der Waals surface area (Å²) in [5, 5.41) is 10.5. The molecule has 114 valence electrons. The van der Waals surface area contributed by atoms with Gasteiger partial charge in [0.05, 0.1) is 12.7 Å². The smallest absolute Gasteiger partial charge is 0.220 e. The second-order valence-electron chi connectivity index (χ2n) is 6.20. The topological polar surface area (TPSA) is 85.8 Å². The summed E-state index contributed by atoms with van der Waals surface area (Å²) >= 11 is 0. The molecule has 0 saturated heterocycles. The molecule has 0 saturated carbocycles. The van der Waals surface area contributed by atoms with Gasteiger partial charge in [-0.15, -0.1) is 5.10 Å². The number of rotatable bonds is 8. The maximum Gasteiger partial charge on any atom is 0.220 e. The highest BCUT2D eigenvalue weighted by atomic mass is 16.1. The number of carbonyl (C=O) groups is 1. The quantitative estimate of drug-likeness (QED) is 0.749. The summed E-state index contributed by atoms with van der Waals surface area (Å²) in [6.45, 7) is 8.52. The molecule has 6 heteroatoms. The van der Waals surface area contributed by atoms with E-state index in [0.29, 0.717) is 32.0 Å². The van der Waals surface area contributed by atoms with Crippen molar-refractivity contribution in [2.24, 2.45) is 17.1 Å². The molecule has 1 aromatic heterocycles. The van der Waals surface area contributed by atoms with Crippen LogP contribution < -0.4 is 11.1 Å². The Bertz CT molecular complexity index is 383. The van der Waals surface area contributed by atoms with Gasteiger partial charge in [0, 0.05) is 19.2 Å². The third-order valence-corrected chi connectivity index (χ3v) is 3.59. The van der Waals surface area contributed by atoms with Crippen LogP contribution in [0.25, 0.3) is 0 Å². The van der Waals surface area contributed by atoms with Crippen molar-refractivity contribution in [2.45, 2.75) is 46.6 Å². The van der Waals surface area contributed by atoms with Gasteiger partial charge in [0.15, 0.2) is 0 Å². The third kappa shape index (κ3) is 6.14. The van der Waals surface area contributed by atoms with Gasteiger partial charge in [-0.25, -0.2) is 0 Å². The van der Waals surface area contributed by atoms with Gasteiger partial charge in [-0.2, -0.15) is 0 Å². The van der Waals surface area contributed by atoms with Crippen molar-refractivity contribution < 1.29 is 4.79 Å². The Morgan fingerprint density at radius 3 is 2.70 bits per heavy atom. The maximum absolute atomic E-state index is 11.8. The van der Waals surface area contributed by atoms with E-state index in [1.807, 2.05) is 0 Å². The predicted octanol–water partition coefficient (Wildman–Crippen LogP) is 1.19. The van der Waals surface area contributed by atoms with Gasteiger partial charge in [0.25, 0.3) is 0 Å². The summed E-state index contributed by atoms with van der Waals surface area (Å²) in [6, 6.07) is 0. The van der Waals surface area contributed by atoms with Crippen LogP contribution in [0, 0.1) is 11.3 Å². The van der Waals surface area contributed by atoms with E-state index in [1.54, 1.807) is 17.1 Å². The van der Waals surface area contributed by atoms with Crippen molar-refractivity contribution in [3.05, 3.63) is 12.4 Å². The Kier molecular flexibility index (Phi) is 6.64. The highest BCUT2D eigenvalue weighted by Gasteiger charge is 2.24. The van der Waals surface area contributed by atoms with Gasteiger partial charge in [0.2, 0.25) is 5.91 Å². The molecule has 0 spiro atoms. The van der Waals surface area contributed by atoms with Crippen molar-refractivity contribution in [1.29, 1.82) is 0 Å². The molecule has 0 fully saturated rings. The van der Waals surface area contributed by atoms with Gasteiger partial charge in [-0.1, -0.05) is 26.0 Å². The predicted molar refractivity (Wildman–Crippen MR) is 78.9 cm³/mol. The second-order valence-corrected chi connectivity index (χ2v) is 6.20.